The van der Waals surface area contributed by atoms with Crippen LogP contribution in [0.2, 0.25) is 0 Å². The van der Waals surface area contributed by atoms with E-state index in [0.717, 1.165) is 35.0 Å². The summed E-state index contributed by atoms with van der Waals surface area (Å²) in [6, 6.07) is 2.00. The first kappa shape index (κ1) is 12.7. The summed E-state index contributed by atoms with van der Waals surface area (Å²) in [6.45, 7) is 5.16. The maximum atomic E-state index is 5.77. The summed E-state index contributed by atoms with van der Waals surface area (Å²) < 4.78 is 13.0. The molecule has 0 aromatic carbocycles. The van der Waals surface area contributed by atoms with Crippen LogP contribution in [0.3, 0.4) is 0 Å². The Hall–Kier alpha value is -1.75. The molecule has 0 saturated heterocycles. The molecule has 0 aliphatic rings. The van der Waals surface area contributed by atoms with Gasteiger partial charge in [-0.15, -0.1) is 0 Å². The quantitative estimate of drug-likeness (QED) is 0.879. The summed E-state index contributed by atoms with van der Waals surface area (Å²) in [4.78, 5) is 0. The van der Waals surface area contributed by atoms with E-state index in [1.165, 1.54) is 0 Å². The molecule has 0 bridgehead atoms. The molecule has 0 atom stereocenters. The van der Waals surface area contributed by atoms with Crippen molar-refractivity contribution in [3.63, 3.8) is 0 Å². The molecule has 0 radical (unpaired) electrons. The van der Waals surface area contributed by atoms with Gasteiger partial charge in [0.25, 0.3) is 0 Å². The van der Waals surface area contributed by atoms with Gasteiger partial charge in [-0.3, -0.25) is 4.68 Å². The van der Waals surface area contributed by atoms with Gasteiger partial charge in [0.1, 0.15) is 18.1 Å². The zero-order valence-corrected chi connectivity index (χ0v) is 11.3. The van der Waals surface area contributed by atoms with Gasteiger partial charge in [0.15, 0.2) is 5.75 Å². The van der Waals surface area contributed by atoms with E-state index in [2.05, 4.69) is 10.4 Å². The Morgan fingerprint density at radius 2 is 2.22 bits per heavy atom. The number of aryl methyl sites for hydroxylation is 2. The predicted molar refractivity (Wildman–Crippen MR) is 68.5 cm³/mol. The molecule has 0 amide bonds. The smallest absolute Gasteiger partial charge is 0.163 e. The Morgan fingerprint density at radius 3 is 2.83 bits per heavy atom. The van der Waals surface area contributed by atoms with Crippen molar-refractivity contribution >= 4 is 0 Å². The highest BCUT2D eigenvalue weighted by molar-refractivity contribution is 5.31. The minimum Gasteiger partial charge on any atom is -0.482 e. The Bertz CT molecular complexity index is 528. The second-order valence-corrected chi connectivity index (χ2v) is 4.36. The van der Waals surface area contributed by atoms with E-state index in [-0.39, 0.29) is 0 Å². The van der Waals surface area contributed by atoms with Crippen LogP contribution in [-0.2, 0) is 20.2 Å². The third-order valence-corrected chi connectivity index (χ3v) is 2.89. The molecule has 0 unspecified atom stereocenters. The van der Waals surface area contributed by atoms with Crippen molar-refractivity contribution in [2.75, 3.05) is 7.05 Å². The van der Waals surface area contributed by atoms with Gasteiger partial charge in [0, 0.05) is 19.2 Å². The lowest BCUT2D eigenvalue weighted by Gasteiger charge is -2.04. The number of nitrogens with zero attached hydrogens (tertiary/aromatic N) is 2. The Balaban J connectivity index is 2.02. The molecular formula is C13H19N3O2. The highest BCUT2D eigenvalue weighted by Crippen LogP contribution is 2.22. The van der Waals surface area contributed by atoms with Gasteiger partial charge < -0.3 is 14.5 Å². The van der Waals surface area contributed by atoms with Crippen LogP contribution in [-0.4, -0.2) is 16.8 Å². The van der Waals surface area contributed by atoms with Crippen molar-refractivity contribution in [3.8, 4) is 5.75 Å². The topological polar surface area (TPSA) is 52.2 Å². The maximum Gasteiger partial charge on any atom is 0.163 e. The molecule has 2 aromatic rings. The van der Waals surface area contributed by atoms with Crippen LogP contribution in [0.5, 0.6) is 5.75 Å². The first-order valence-electron chi connectivity index (χ1n) is 5.95. The van der Waals surface area contributed by atoms with E-state index in [9.17, 15) is 0 Å². The van der Waals surface area contributed by atoms with Crippen LogP contribution < -0.4 is 10.1 Å². The molecule has 0 fully saturated rings. The molecule has 2 aromatic heterocycles. The van der Waals surface area contributed by atoms with Gasteiger partial charge in [-0.05, 0) is 27.0 Å². The molecule has 5 heteroatoms. The van der Waals surface area contributed by atoms with Gasteiger partial charge in [-0.2, -0.15) is 5.10 Å². The number of hydrogen-bond acceptors (Lipinski definition) is 4. The van der Waals surface area contributed by atoms with Crippen LogP contribution in [0.15, 0.2) is 16.7 Å². The van der Waals surface area contributed by atoms with Crippen molar-refractivity contribution < 1.29 is 9.15 Å². The molecule has 0 aliphatic heterocycles. The number of hydrogen-bond donors (Lipinski definition) is 1. The summed E-state index contributed by atoms with van der Waals surface area (Å²) in [5.74, 6) is 1.66. The zero-order valence-electron chi connectivity index (χ0n) is 11.3. The van der Waals surface area contributed by atoms with E-state index in [4.69, 9.17) is 9.15 Å². The molecule has 5 nitrogen and oxygen atoms in total. The molecule has 18 heavy (non-hydrogen) atoms. The lowest BCUT2D eigenvalue weighted by molar-refractivity contribution is 0.267. The van der Waals surface area contributed by atoms with Crippen molar-refractivity contribution in [3.05, 3.63) is 35.0 Å². The standard InChI is InChI=1S/C13H19N3O2/c1-9-13(10(2)16(4)15-9)18-8-12-5-11(6-14-3)7-17-12/h5,7,14H,6,8H2,1-4H3. The van der Waals surface area contributed by atoms with Gasteiger partial charge in [0.2, 0.25) is 0 Å². The molecule has 0 spiro atoms. The molecule has 0 aliphatic carbocycles. The lowest BCUT2D eigenvalue weighted by Crippen LogP contribution is -2.03. The maximum absolute atomic E-state index is 5.77. The minimum absolute atomic E-state index is 0.428. The van der Waals surface area contributed by atoms with Crippen molar-refractivity contribution in [2.24, 2.45) is 7.05 Å². The number of rotatable bonds is 5. The second kappa shape index (κ2) is 5.27. The molecule has 1 N–H and O–H groups in total. The fourth-order valence-electron chi connectivity index (χ4n) is 1.91. The highest BCUT2D eigenvalue weighted by Gasteiger charge is 2.11. The average Bonchev–Trinajstić information content (AvgIpc) is 2.85. The average molecular weight is 249 g/mol. The number of aromatic nitrogens is 2. The molecule has 2 rings (SSSR count). The third-order valence-electron chi connectivity index (χ3n) is 2.89. The largest absolute Gasteiger partial charge is 0.482 e. The van der Waals surface area contributed by atoms with E-state index in [0.29, 0.717) is 6.61 Å². The Kier molecular flexibility index (Phi) is 3.72. The first-order chi connectivity index (χ1) is 8.61. The summed E-state index contributed by atoms with van der Waals surface area (Å²) >= 11 is 0. The van der Waals surface area contributed by atoms with Gasteiger partial charge >= 0.3 is 0 Å². The van der Waals surface area contributed by atoms with Crippen LogP contribution >= 0.6 is 0 Å². The van der Waals surface area contributed by atoms with Crippen molar-refractivity contribution in [2.45, 2.75) is 27.0 Å². The molecular weight excluding hydrogens is 230 g/mol. The van der Waals surface area contributed by atoms with Crippen molar-refractivity contribution in [1.82, 2.24) is 15.1 Å². The third kappa shape index (κ3) is 2.56. The van der Waals surface area contributed by atoms with Crippen LogP contribution in [0.1, 0.15) is 22.7 Å². The highest BCUT2D eigenvalue weighted by atomic mass is 16.5. The van der Waals surface area contributed by atoms with E-state index < -0.39 is 0 Å². The number of ether oxygens (including phenoxy) is 1. The Labute approximate surface area is 107 Å². The summed E-state index contributed by atoms with van der Waals surface area (Å²) in [6.07, 6.45) is 1.75. The number of nitrogens with one attached hydrogen (secondary N) is 1. The fourth-order valence-corrected chi connectivity index (χ4v) is 1.91. The Morgan fingerprint density at radius 1 is 1.44 bits per heavy atom. The van der Waals surface area contributed by atoms with Crippen LogP contribution in [0.4, 0.5) is 0 Å². The summed E-state index contributed by atoms with van der Waals surface area (Å²) in [5, 5.41) is 7.39. The van der Waals surface area contributed by atoms with Gasteiger partial charge in [-0.25, -0.2) is 0 Å². The van der Waals surface area contributed by atoms with E-state index in [1.54, 1.807) is 6.26 Å². The second-order valence-electron chi connectivity index (χ2n) is 4.36. The van der Waals surface area contributed by atoms with Gasteiger partial charge in [0.05, 0.1) is 12.0 Å². The molecule has 0 saturated carbocycles. The van der Waals surface area contributed by atoms with Crippen LogP contribution in [0.25, 0.3) is 0 Å². The van der Waals surface area contributed by atoms with E-state index in [1.807, 2.05) is 38.7 Å². The molecule has 2 heterocycles. The summed E-state index contributed by atoms with van der Waals surface area (Å²) in [5.41, 5.74) is 3.04. The molecule has 98 valence electrons. The fraction of sp³-hybridized carbons (Fsp3) is 0.462. The minimum atomic E-state index is 0.428. The monoisotopic (exact) mass is 249 g/mol. The zero-order chi connectivity index (χ0) is 13.1. The van der Waals surface area contributed by atoms with Crippen LogP contribution in [0, 0.1) is 13.8 Å². The SMILES string of the molecule is CNCc1coc(COc2c(C)nn(C)c2C)c1. The lowest BCUT2D eigenvalue weighted by atomic mass is 10.3. The van der Waals surface area contributed by atoms with Crippen molar-refractivity contribution in [1.29, 1.82) is 0 Å². The van der Waals surface area contributed by atoms with E-state index >= 15 is 0 Å². The predicted octanol–water partition coefficient (Wildman–Crippen LogP) is 1.93. The summed E-state index contributed by atoms with van der Waals surface area (Å²) in [7, 11) is 3.82. The van der Waals surface area contributed by atoms with Gasteiger partial charge in [-0.1, -0.05) is 0 Å². The normalized spacial score (nSPS) is 10.9. The number of furan rings is 1. The first-order valence-corrected chi connectivity index (χ1v) is 5.95.